The summed E-state index contributed by atoms with van der Waals surface area (Å²) in [6, 6.07) is 0. The second-order valence-electron chi connectivity index (χ2n) is 8.16. The van der Waals surface area contributed by atoms with Gasteiger partial charge >= 0.3 is 0 Å². The molecule has 1 rings (SSSR count). The van der Waals surface area contributed by atoms with Crippen molar-refractivity contribution in [1.29, 1.82) is 0 Å². The summed E-state index contributed by atoms with van der Waals surface area (Å²) >= 11 is 0. The first-order chi connectivity index (χ1) is 14.0. The van der Waals surface area contributed by atoms with Gasteiger partial charge in [-0.1, -0.05) is 53.4 Å². The van der Waals surface area contributed by atoms with Crippen molar-refractivity contribution >= 4 is 0 Å². The van der Waals surface area contributed by atoms with Crippen LogP contribution in [-0.2, 0) is 23.7 Å². The molecule has 6 nitrogen and oxygen atoms in total. The van der Waals surface area contributed by atoms with Gasteiger partial charge in [0.1, 0.15) is 24.4 Å². The molecule has 0 aromatic heterocycles. The highest BCUT2D eigenvalue weighted by molar-refractivity contribution is 4.97. The van der Waals surface area contributed by atoms with Crippen LogP contribution in [0.4, 0.5) is 0 Å². The second kappa shape index (κ2) is 15.5. The standard InChI is InChI=1S/C23H46O6/c1-6-10-14-25-18-19-20(26-15-11-7-2)21(27-16-12-8-3)22(23(5,24)29-19)28-17-13-9-4/h19-22,24H,6-18H2,1-5H3/t19-,20-,21+,22-,23+/m1/s1. The van der Waals surface area contributed by atoms with Gasteiger partial charge in [0.15, 0.2) is 5.79 Å². The number of rotatable bonds is 17. The van der Waals surface area contributed by atoms with Crippen LogP contribution in [-0.4, -0.2) is 68.3 Å². The Morgan fingerprint density at radius 1 is 0.724 bits per heavy atom. The van der Waals surface area contributed by atoms with Crippen molar-refractivity contribution in [3.63, 3.8) is 0 Å². The molecule has 0 aliphatic carbocycles. The van der Waals surface area contributed by atoms with E-state index in [0.29, 0.717) is 33.0 Å². The third-order valence-corrected chi connectivity index (χ3v) is 5.24. The molecular formula is C23H46O6. The summed E-state index contributed by atoms with van der Waals surface area (Å²) in [5.41, 5.74) is 0. The third-order valence-electron chi connectivity index (χ3n) is 5.24. The van der Waals surface area contributed by atoms with Gasteiger partial charge in [0.25, 0.3) is 0 Å². The molecule has 0 saturated carbocycles. The number of hydrogen-bond donors (Lipinski definition) is 1. The van der Waals surface area contributed by atoms with Gasteiger partial charge in [-0.05, 0) is 32.6 Å². The van der Waals surface area contributed by atoms with Crippen LogP contribution in [0.3, 0.4) is 0 Å². The first-order valence-corrected chi connectivity index (χ1v) is 11.8. The smallest absolute Gasteiger partial charge is 0.192 e. The van der Waals surface area contributed by atoms with Gasteiger partial charge in [-0.15, -0.1) is 0 Å². The predicted molar refractivity (Wildman–Crippen MR) is 115 cm³/mol. The maximum Gasteiger partial charge on any atom is 0.192 e. The molecule has 1 aliphatic heterocycles. The summed E-state index contributed by atoms with van der Waals surface area (Å²) < 4.78 is 30.5. The van der Waals surface area contributed by atoms with Gasteiger partial charge < -0.3 is 28.8 Å². The maximum atomic E-state index is 11.1. The summed E-state index contributed by atoms with van der Waals surface area (Å²) in [6.45, 7) is 13.1. The minimum absolute atomic E-state index is 0.327. The highest BCUT2D eigenvalue weighted by Gasteiger charge is 2.53. The topological polar surface area (TPSA) is 66.4 Å². The lowest BCUT2D eigenvalue weighted by Crippen LogP contribution is -2.66. The van der Waals surface area contributed by atoms with Crippen LogP contribution in [0.5, 0.6) is 0 Å². The minimum atomic E-state index is -1.45. The molecule has 1 aliphatic rings. The Labute approximate surface area is 178 Å². The van der Waals surface area contributed by atoms with Gasteiger partial charge in [0, 0.05) is 26.4 Å². The zero-order valence-electron chi connectivity index (χ0n) is 19.5. The average Bonchev–Trinajstić information content (AvgIpc) is 2.69. The molecular weight excluding hydrogens is 372 g/mol. The van der Waals surface area contributed by atoms with Gasteiger partial charge in [-0.3, -0.25) is 0 Å². The van der Waals surface area contributed by atoms with E-state index in [-0.39, 0.29) is 6.10 Å². The van der Waals surface area contributed by atoms with Crippen molar-refractivity contribution in [2.24, 2.45) is 0 Å². The van der Waals surface area contributed by atoms with Crippen molar-refractivity contribution in [2.45, 2.75) is 116 Å². The molecule has 0 aromatic rings. The van der Waals surface area contributed by atoms with Crippen LogP contribution in [0.1, 0.15) is 86.0 Å². The fourth-order valence-corrected chi connectivity index (χ4v) is 3.42. The summed E-state index contributed by atoms with van der Waals surface area (Å²) in [5, 5.41) is 11.1. The Kier molecular flexibility index (Phi) is 14.4. The Morgan fingerprint density at radius 2 is 1.21 bits per heavy atom. The fourth-order valence-electron chi connectivity index (χ4n) is 3.42. The van der Waals surface area contributed by atoms with Crippen LogP contribution in [0.2, 0.25) is 0 Å². The van der Waals surface area contributed by atoms with Crippen molar-refractivity contribution in [3.8, 4) is 0 Å². The molecule has 29 heavy (non-hydrogen) atoms. The molecule has 1 fully saturated rings. The molecule has 0 aromatic carbocycles. The predicted octanol–water partition coefficient (Wildman–Crippen LogP) is 4.47. The largest absolute Gasteiger partial charge is 0.379 e. The van der Waals surface area contributed by atoms with Crippen molar-refractivity contribution in [2.75, 3.05) is 33.0 Å². The number of unbranched alkanes of at least 4 members (excludes halogenated alkanes) is 4. The zero-order chi connectivity index (χ0) is 21.5. The molecule has 0 radical (unpaired) electrons. The van der Waals surface area contributed by atoms with E-state index in [4.69, 9.17) is 23.7 Å². The zero-order valence-corrected chi connectivity index (χ0v) is 19.5. The first-order valence-electron chi connectivity index (χ1n) is 11.8. The quantitative estimate of drug-likeness (QED) is 0.352. The molecule has 0 spiro atoms. The molecule has 1 saturated heterocycles. The van der Waals surface area contributed by atoms with Gasteiger partial charge in [-0.2, -0.15) is 0 Å². The Morgan fingerprint density at radius 3 is 1.76 bits per heavy atom. The molecule has 6 heteroatoms. The molecule has 5 atom stereocenters. The van der Waals surface area contributed by atoms with Crippen LogP contribution < -0.4 is 0 Å². The lowest BCUT2D eigenvalue weighted by molar-refractivity contribution is -0.359. The minimum Gasteiger partial charge on any atom is -0.379 e. The number of aliphatic hydroxyl groups is 1. The first kappa shape index (κ1) is 26.8. The lowest BCUT2D eigenvalue weighted by Gasteiger charge is -2.49. The van der Waals surface area contributed by atoms with Crippen LogP contribution in [0.15, 0.2) is 0 Å². The normalized spacial score (nSPS) is 30.0. The monoisotopic (exact) mass is 418 g/mol. The summed E-state index contributed by atoms with van der Waals surface area (Å²) in [4.78, 5) is 0. The van der Waals surface area contributed by atoms with Gasteiger partial charge in [0.05, 0.1) is 6.61 Å². The summed E-state index contributed by atoms with van der Waals surface area (Å²) in [6.07, 6.45) is 6.37. The summed E-state index contributed by atoms with van der Waals surface area (Å²) in [5.74, 6) is -1.45. The highest BCUT2D eigenvalue weighted by atomic mass is 16.7. The fraction of sp³-hybridized carbons (Fsp3) is 1.00. The highest BCUT2D eigenvalue weighted by Crippen LogP contribution is 2.34. The third kappa shape index (κ3) is 9.62. The van der Waals surface area contributed by atoms with E-state index < -0.39 is 24.1 Å². The second-order valence-corrected chi connectivity index (χ2v) is 8.16. The van der Waals surface area contributed by atoms with E-state index in [1.807, 2.05) is 0 Å². The van der Waals surface area contributed by atoms with E-state index in [1.54, 1.807) is 6.92 Å². The molecule has 0 amide bonds. The van der Waals surface area contributed by atoms with E-state index >= 15 is 0 Å². The Bertz CT molecular complexity index is 390. The van der Waals surface area contributed by atoms with Gasteiger partial charge in [0.2, 0.25) is 0 Å². The van der Waals surface area contributed by atoms with Crippen LogP contribution in [0.25, 0.3) is 0 Å². The molecule has 1 heterocycles. The van der Waals surface area contributed by atoms with Crippen molar-refractivity contribution in [1.82, 2.24) is 0 Å². The Balaban J connectivity index is 2.96. The number of ether oxygens (including phenoxy) is 5. The van der Waals surface area contributed by atoms with E-state index in [1.165, 1.54) is 0 Å². The maximum absolute atomic E-state index is 11.1. The SMILES string of the molecule is CCCCOC[C@H]1O[C@](C)(O)[C@H](OCCCC)[C@@H](OCCCC)[C@@H]1OCCCC. The van der Waals surface area contributed by atoms with Crippen LogP contribution >= 0.6 is 0 Å². The Hall–Kier alpha value is -0.240. The van der Waals surface area contributed by atoms with E-state index in [9.17, 15) is 5.11 Å². The molecule has 1 N–H and O–H groups in total. The molecule has 0 bridgehead atoms. The number of hydrogen-bond acceptors (Lipinski definition) is 6. The van der Waals surface area contributed by atoms with E-state index in [2.05, 4.69) is 27.7 Å². The van der Waals surface area contributed by atoms with Crippen molar-refractivity contribution in [3.05, 3.63) is 0 Å². The van der Waals surface area contributed by atoms with E-state index in [0.717, 1.165) is 51.4 Å². The summed E-state index contributed by atoms with van der Waals surface area (Å²) in [7, 11) is 0. The van der Waals surface area contributed by atoms with Gasteiger partial charge in [-0.25, -0.2) is 0 Å². The average molecular weight is 419 g/mol. The molecule has 0 unspecified atom stereocenters. The molecule has 174 valence electrons. The lowest BCUT2D eigenvalue weighted by atomic mass is 9.92. The van der Waals surface area contributed by atoms with Crippen LogP contribution in [0, 0.1) is 0 Å². The van der Waals surface area contributed by atoms with Crippen molar-refractivity contribution < 1.29 is 28.8 Å².